The second-order valence-corrected chi connectivity index (χ2v) is 5.34. The van der Waals surface area contributed by atoms with E-state index in [0.29, 0.717) is 10.7 Å². The average Bonchev–Trinajstić information content (AvgIpc) is 2.52. The van der Waals surface area contributed by atoms with Gasteiger partial charge in [-0.1, -0.05) is 23.2 Å². The average molecular weight is 375 g/mol. The summed E-state index contributed by atoms with van der Waals surface area (Å²) in [5, 5.41) is 14.0. The number of hydrogen-bond donors (Lipinski definition) is 5. The van der Waals surface area contributed by atoms with E-state index in [2.05, 4.69) is 21.5 Å². The van der Waals surface area contributed by atoms with Gasteiger partial charge in [-0.15, -0.1) is 0 Å². The van der Waals surface area contributed by atoms with Gasteiger partial charge >= 0.3 is 11.8 Å². The fraction of sp³-hybridized carbons (Fsp3) is 0.214. The molecule has 130 valence electrons. The summed E-state index contributed by atoms with van der Waals surface area (Å²) in [6, 6.07) is 4.61. The maximum absolute atomic E-state index is 11.8. The maximum atomic E-state index is 11.8. The van der Waals surface area contributed by atoms with Crippen LogP contribution < -0.4 is 21.5 Å². The Kier molecular flexibility index (Phi) is 8.03. The van der Waals surface area contributed by atoms with Gasteiger partial charge in [0, 0.05) is 23.3 Å². The summed E-state index contributed by atoms with van der Waals surface area (Å²) in [6.07, 6.45) is 1.16. The van der Waals surface area contributed by atoms with Gasteiger partial charge in [0.2, 0.25) is 5.91 Å². The van der Waals surface area contributed by atoms with E-state index >= 15 is 0 Å². The first-order valence-corrected chi connectivity index (χ1v) is 7.48. The summed E-state index contributed by atoms with van der Waals surface area (Å²) < 4.78 is 0. The quantitative estimate of drug-likeness (QED) is 0.283. The first-order valence-electron chi connectivity index (χ1n) is 6.73. The number of carbonyl (C=O) groups excluding carboxylic acids is 3. The minimum Gasteiger partial charge on any atom is -0.395 e. The highest BCUT2D eigenvalue weighted by atomic mass is 35.5. The van der Waals surface area contributed by atoms with Crippen molar-refractivity contribution in [3.63, 3.8) is 0 Å². The predicted molar refractivity (Wildman–Crippen MR) is 90.2 cm³/mol. The molecule has 1 aromatic rings. The molecule has 0 saturated carbocycles. The fourth-order valence-electron chi connectivity index (χ4n) is 1.45. The van der Waals surface area contributed by atoms with E-state index in [1.165, 1.54) is 13.0 Å². The maximum Gasteiger partial charge on any atom is 0.327 e. The second-order valence-electron chi connectivity index (χ2n) is 4.50. The van der Waals surface area contributed by atoms with Crippen LogP contribution >= 0.6 is 23.2 Å². The summed E-state index contributed by atoms with van der Waals surface area (Å²) in [6.45, 7) is 1.19. The first kappa shape index (κ1) is 19.8. The summed E-state index contributed by atoms with van der Waals surface area (Å²) in [5.74, 6) is -2.37. The van der Waals surface area contributed by atoms with Crippen LogP contribution in [0, 0.1) is 0 Å². The molecular formula is C14H16Cl2N4O4. The molecule has 5 N–H and O–H groups in total. The summed E-state index contributed by atoms with van der Waals surface area (Å²) >= 11 is 11.7. The number of aliphatic hydroxyl groups excluding tert-OH is 1. The van der Waals surface area contributed by atoms with Crippen molar-refractivity contribution in [1.82, 2.24) is 16.2 Å². The normalized spacial score (nSPS) is 10.8. The largest absolute Gasteiger partial charge is 0.395 e. The van der Waals surface area contributed by atoms with Crippen LogP contribution in [0.2, 0.25) is 10.0 Å². The molecule has 0 spiro atoms. The molecule has 0 heterocycles. The van der Waals surface area contributed by atoms with Crippen LogP contribution in [0.5, 0.6) is 0 Å². The van der Waals surface area contributed by atoms with E-state index in [4.69, 9.17) is 28.3 Å². The van der Waals surface area contributed by atoms with Crippen molar-refractivity contribution in [3.8, 4) is 0 Å². The van der Waals surface area contributed by atoms with Crippen molar-refractivity contribution in [2.75, 3.05) is 18.5 Å². The van der Waals surface area contributed by atoms with E-state index in [1.54, 1.807) is 12.1 Å². The molecule has 1 aromatic carbocycles. The zero-order chi connectivity index (χ0) is 18.1. The zero-order valence-electron chi connectivity index (χ0n) is 12.7. The van der Waals surface area contributed by atoms with E-state index in [0.717, 1.165) is 6.08 Å². The Balaban J connectivity index is 2.51. The molecule has 0 fully saturated rings. The van der Waals surface area contributed by atoms with E-state index in [-0.39, 0.29) is 23.9 Å². The van der Waals surface area contributed by atoms with E-state index in [9.17, 15) is 14.4 Å². The number of allylic oxidation sites excluding steroid dienone is 1. The molecule has 0 aliphatic heterocycles. The van der Waals surface area contributed by atoms with Crippen LogP contribution in [0.25, 0.3) is 0 Å². The number of anilines is 1. The third kappa shape index (κ3) is 6.86. The lowest BCUT2D eigenvalue weighted by Crippen LogP contribution is -2.46. The summed E-state index contributed by atoms with van der Waals surface area (Å²) in [7, 11) is 0. The van der Waals surface area contributed by atoms with E-state index < -0.39 is 17.7 Å². The van der Waals surface area contributed by atoms with Crippen molar-refractivity contribution >= 4 is 46.6 Å². The lowest BCUT2D eigenvalue weighted by Gasteiger charge is -2.09. The zero-order valence-corrected chi connectivity index (χ0v) is 14.2. The number of amides is 3. The fourth-order valence-corrected chi connectivity index (χ4v) is 1.91. The Morgan fingerprint density at radius 2 is 1.88 bits per heavy atom. The van der Waals surface area contributed by atoms with Gasteiger partial charge in [-0.05, 0) is 25.1 Å². The van der Waals surface area contributed by atoms with Crippen LogP contribution in [0.3, 0.4) is 0 Å². The number of carbonyl (C=O) groups is 3. The molecule has 10 heteroatoms. The number of hydrogen-bond acceptors (Lipinski definition) is 5. The highest BCUT2D eigenvalue weighted by Crippen LogP contribution is 2.25. The molecule has 0 aromatic heterocycles. The molecule has 24 heavy (non-hydrogen) atoms. The molecule has 0 bridgehead atoms. The van der Waals surface area contributed by atoms with Gasteiger partial charge in [0.1, 0.15) is 0 Å². The summed E-state index contributed by atoms with van der Waals surface area (Å²) in [5.41, 5.74) is 5.16. The summed E-state index contributed by atoms with van der Waals surface area (Å²) in [4.78, 5) is 34.5. The van der Waals surface area contributed by atoms with Crippen LogP contribution in [0.4, 0.5) is 5.69 Å². The van der Waals surface area contributed by atoms with Crippen molar-refractivity contribution in [2.45, 2.75) is 6.92 Å². The van der Waals surface area contributed by atoms with Crippen LogP contribution in [-0.2, 0) is 14.4 Å². The molecule has 0 aliphatic carbocycles. The number of rotatable bonds is 6. The lowest BCUT2D eigenvalue weighted by atomic mass is 10.3. The minimum absolute atomic E-state index is 0.0364. The first-order chi connectivity index (χ1) is 11.3. The standard InChI is InChI=1S/C14H16Cl2N4O4/c1-8(19-20-14(24)13(23)17-4-5-21)6-12(22)18-11-3-2-9(15)7-10(11)16/h2-3,6-7,19,21H,4-5H2,1H3,(H,17,23)(H,18,22)(H,20,24). The molecule has 3 amide bonds. The van der Waals surface area contributed by atoms with Gasteiger partial charge in [-0.3, -0.25) is 19.8 Å². The Bertz CT molecular complexity index is 664. The number of hydrazine groups is 1. The van der Waals surface area contributed by atoms with Crippen molar-refractivity contribution in [3.05, 3.63) is 40.0 Å². The van der Waals surface area contributed by atoms with Crippen LogP contribution in [0.15, 0.2) is 30.0 Å². The second kappa shape index (κ2) is 9.76. The molecule has 0 saturated heterocycles. The lowest BCUT2D eigenvalue weighted by molar-refractivity contribution is -0.139. The van der Waals surface area contributed by atoms with Gasteiger partial charge < -0.3 is 21.2 Å². The molecule has 0 radical (unpaired) electrons. The van der Waals surface area contributed by atoms with Crippen LogP contribution in [-0.4, -0.2) is 36.0 Å². The smallest absolute Gasteiger partial charge is 0.327 e. The number of nitrogens with one attached hydrogen (secondary N) is 4. The number of benzene rings is 1. The predicted octanol–water partition coefficient (Wildman–Crippen LogP) is 0.565. The van der Waals surface area contributed by atoms with Crippen molar-refractivity contribution < 1.29 is 19.5 Å². The van der Waals surface area contributed by atoms with Crippen molar-refractivity contribution in [2.24, 2.45) is 0 Å². The molecule has 1 rings (SSSR count). The third-order valence-corrected chi connectivity index (χ3v) is 3.06. The third-order valence-electron chi connectivity index (χ3n) is 2.51. The highest BCUT2D eigenvalue weighted by molar-refractivity contribution is 6.36. The van der Waals surface area contributed by atoms with Gasteiger partial charge in [0.05, 0.1) is 17.3 Å². The van der Waals surface area contributed by atoms with Crippen molar-refractivity contribution in [1.29, 1.82) is 0 Å². The molecule has 0 atom stereocenters. The molecule has 8 nitrogen and oxygen atoms in total. The number of aliphatic hydroxyl groups is 1. The number of halogens is 2. The molecule has 0 aliphatic rings. The van der Waals surface area contributed by atoms with Gasteiger partial charge in [0.25, 0.3) is 0 Å². The van der Waals surface area contributed by atoms with Crippen LogP contribution in [0.1, 0.15) is 6.92 Å². The Labute approximate surface area is 148 Å². The Morgan fingerprint density at radius 3 is 2.50 bits per heavy atom. The minimum atomic E-state index is -0.961. The van der Waals surface area contributed by atoms with Gasteiger partial charge in [-0.2, -0.15) is 0 Å². The highest BCUT2D eigenvalue weighted by Gasteiger charge is 2.12. The molecule has 0 unspecified atom stereocenters. The van der Waals surface area contributed by atoms with E-state index in [1.807, 2.05) is 0 Å². The topological polar surface area (TPSA) is 120 Å². The van der Waals surface area contributed by atoms with Gasteiger partial charge in [0.15, 0.2) is 0 Å². The molecular weight excluding hydrogens is 359 g/mol. The Morgan fingerprint density at radius 1 is 1.17 bits per heavy atom. The monoisotopic (exact) mass is 374 g/mol. The SMILES string of the molecule is CC(=CC(=O)Nc1ccc(Cl)cc1Cl)NNC(=O)C(=O)NCCO. The van der Waals surface area contributed by atoms with Gasteiger partial charge in [-0.25, -0.2) is 0 Å². The Hall–Kier alpha value is -2.29.